The van der Waals surface area contributed by atoms with E-state index in [4.69, 9.17) is 14.2 Å². The molecule has 1 atom stereocenters. The number of benzene rings is 1. The topological polar surface area (TPSA) is 106 Å². The van der Waals surface area contributed by atoms with Crippen LogP contribution in [0.1, 0.15) is 18.4 Å². The third kappa shape index (κ3) is 3.63. The van der Waals surface area contributed by atoms with E-state index in [0.717, 1.165) is 12.0 Å². The fourth-order valence-electron chi connectivity index (χ4n) is 4.14. The lowest BCUT2D eigenvalue weighted by molar-refractivity contribution is -0.140. The highest BCUT2D eigenvalue weighted by atomic mass is 16.5. The van der Waals surface area contributed by atoms with Crippen LogP contribution in [0.2, 0.25) is 0 Å². The number of methoxy groups -OCH3 is 2. The first-order chi connectivity index (χ1) is 15.0. The monoisotopic (exact) mass is 429 g/mol. The average Bonchev–Trinajstić information content (AvgIpc) is 3.37. The van der Waals surface area contributed by atoms with E-state index < -0.39 is 11.9 Å². The summed E-state index contributed by atoms with van der Waals surface area (Å²) in [4.78, 5) is 53.9. The number of fused-ring (bicyclic) bond motifs is 1. The highest BCUT2D eigenvalue weighted by molar-refractivity contribution is 6.05. The summed E-state index contributed by atoms with van der Waals surface area (Å²) in [5, 5.41) is 0. The number of imide groups is 1. The van der Waals surface area contributed by atoms with Gasteiger partial charge in [-0.3, -0.25) is 9.69 Å². The average molecular weight is 429 g/mol. The van der Waals surface area contributed by atoms with Crippen LogP contribution >= 0.6 is 0 Å². The van der Waals surface area contributed by atoms with Gasteiger partial charge in [-0.2, -0.15) is 0 Å². The lowest BCUT2D eigenvalue weighted by Crippen LogP contribution is -2.38. The van der Waals surface area contributed by atoms with Gasteiger partial charge in [-0.1, -0.05) is 12.1 Å². The van der Waals surface area contributed by atoms with Crippen LogP contribution in [-0.4, -0.2) is 73.8 Å². The smallest absolute Gasteiger partial charge is 0.355 e. The maximum Gasteiger partial charge on any atom is 0.355 e. The van der Waals surface area contributed by atoms with Crippen molar-refractivity contribution in [3.63, 3.8) is 0 Å². The van der Waals surface area contributed by atoms with Crippen LogP contribution in [0, 0.1) is 0 Å². The van der Waals surface area contributed by atoms with Crippen molar-refractivity contribution in [3.8, 4) is 0 Å². The molecular formula is C21H23N3O7. The van der Waals surface area contributed by atoms with E-state index in [1.165, 1.54) is 24.0 Å². The summed E-state index contributed by atoms with van der Waals surface area (Å²) in [6, 6.07) is 6.41. The summed E-state index contributed by atoms with van der Waals surface area (Å²) in [7, 11) is 2.46. The highest BCUT2D eigenvalue weighted by Crippen LogP contribution is 2.30. The first-order valence-corrected chi connectivity index (χ1v) is 9.92. The molecular weight excluding hydrogens is 406 g/mol. The Kier molecular flexibility index (Phi) is 5.64. The molecule has 3 amide bonds. The van der Waals surface area contributed by atoms with Crippen LogP contribution in [0.4, 0.5) is 10.5 Å². The number of ether oxygens (including phenoxy) is 3. The zero-order valence-electron chi connectivity index (χ0n) is 17.3. The van der Waals surface area contributed by atoms with Gasteiger partial charge >= 0.3 is 18.0 Å². The van der Waals surface area contributed by atoms with Crippen LogP contribution in [0.25, 0.3) is 0 Å². The van der Waals surface area contributed by atoms with Crippen molar-refractivity contribution in [2.75, 3.05) is 39.0 Å². The molecule has 0 N–H and O–H groups in total. The molecule has 0 aromatic heterocycles. The molecule has 31 heavy (non-hydrogen) atoms. The second kappa shape index (κ2) is 8.38. The second-order valence-electron chi connectivity index (χ2n) is 7.44. The van der Waals surface area contributed by atoms with Crippen molar-refractivity contribution in [2.45, 2.75) is 25.4 Å². The first kappa shape index (κ1) is 20.9. The van der Waals surface area contributed by atoms with E-state index >= 15 is 0 Å². The summed E-state index contributed by atoms with van der Waals surface area (Å²) in [5.74, 6) is -1.51. The molecule has 0 spiro atoms. The Labute approximate surface area is 178 Å². The molecule has 3 aliphatic rings. The molecule has 164 valence electrons. The standard InChI is InChI=1S/C21H23N3O7/c1-29-19(26)15-11-31-12-24(17(15)20(27)30-2)14-7-5-13(6-8-14)10-23-18(25)16-4-3-9-22(16)21(23)28/h5-8,16H,3-4,9-12H2,1-2H3. The maximum absolute atomic E-state index is 12.5. The molecule has 2 saturated heterocycles. The third-order valence-electron chi connectivity index (χ3n) is 5.70. The number of esters is 2. The van der Waals surface area contributed by atoms with Crippen molar-refractivity contribution < 1.29 is 33.4 Å². The normalized spacial score (nSPS) is 21.0. The molecule has 0 aliphatic carbocycles. The zero-order chi connectivity index (χ0) is 22.1. The Balaban J connectivity index is 1.56. The van der Waals surface area contributed by atoms with Gasteiger partial charge in [0.05, 0.1) is 32.9 Å². The number of carbonyl (C=O) groups excluding carboxylic acids is 4. The van der Waals surface area contributed by atoms with Gasteiger partial charge in [0.2, 0.25) is 0 Å². The quantitative estimate of drug-likeness (QED) is 0.504. The van der Waals surface area contributed by atoms with Crippen molar-refractivity contribution in [2.24, 2.45) is 0 Å². The first-order valence-electron chi connectivity index (χ1n) is 9.92. The van der Waals surface area contributed by atoms with Crippen molar-refractivity contribution in [1.29, 1.82) is 0 Å². The Bertz CT molecular complexity index is 934. The van der Waals surface area contributed by atoms with E-state index in [9.17, 15) is 19.2 Å². The molecule has 0 radical (unpaired) electrons. The van der Waals surface area contributed by atoms with Gasteiger partial charge < -0.3 is 24.0 Å². The number of nitrogens with zero attached hydrogens (tertiary/aromatic N) is 3. The summed E-state index contributed by atoms with van der Waals surface area (Å²) in [6.45, 7) is 0.770. The van der Waals surface area contributed by atoms with E-state index in [1.54, 1.807) is 29.2 Å². The van der Waals surface area contributed by atoms with Crippen LogP contribution in [-0.2, 0) is 35.1 Å². The number of urea groups is 1. The zero-order valence-corrected chi connectivity index (χ0v) is 17.3. The molecule has 10 heteroatoms. The van der Waals surface area contributed by atoms with Crippen molar-refractivity contribution in [3.05, 3.63) is 41.1 Å². The van der Waals surface area contributed by atoms with Crippen molar-refractivity contribution in [1.82, 2.24) is 9.80 Å². The van der Waals surface area contributed by atoms with Gasteiger partial charge in [0.15, 0.2) is 0 Å². The number of hydrogen-bond acceptors (Lipinski definition) is 8. The van der Waals surface area contributed by atoms with Gasteiger partial charge in [-0.15, -0.1) is 0 Å². The fourth-order valence-corrected chi connectivity index (χ4v) is 4.14. The third-order valence-corrected chi connectivity index (χ3v) is 5.70. The van der Waals surface area contributed by atoms with Gasteiger partial charge in [0.1, 0.15) is 18.5 Å². The number of amides is 3. The van der Waals surface area contributed by atoms with Crippen molar-refractivity contribution >= 4 is 29.6 Å². The predicted molar refractivity (Wildman–Crippen MR) is 106 cm³/mol. The minimum atomic E-state index is -0.679. The molecule has 3 heterocycles. The minimum Gasteiger partial charge on any atom is -0.466 e. The predicted octanol–water partition coefficient (Wildman–Crippen LogP) is 1.01. The van der Waals surface area contributed by atoms with Gasteiger partial charge in [-0.05, 0) is 30.5 Å². The SMILES string of the molecule is COC(=O)C1=C(C(=O)OC)N(c2ccc(CN3C(=O)C4CCCN4C3=O)cc2)COC1. The van der Waals surface area contributed by atoms with Gasteiger partial charge in [0, 0.05) is 12.2 Å². The van der Waals surface area contributed by atoms with Crippen LogP contribution in [0.5, 0.6) is 0 Å². The molecule has 1 aromatic carbocycles. The van der Waals surface area contributed by atoms with E-state index in [1.807, 2.05) is 0 Å². The highest BCUT2D eigenvalue weighted by Gasteiger charge is 2.47. The Morgan fingerprint density at radius 3 is 2.45 bits per heavy atom. The molecule has 10 nitrogen and oxygen atoms in total. The molecule has 4 rings (SSSR count). The summed E-state index contributed by atoms with van der Waals surface area (Å²) in [5.41, 5.74) is 1.48. The van der Waals surface area contributed by atoms with E-state index in [0.29, 0.717) is 18.7 Å². The number of carbonyl (C=O) groups is 4. The van der Waals surface area contributed by atoms with E-state index in [-0.39, 0.29) is 49.1 Å². The fraction of sp³-hybridized carbons (Fsp3) is 0.429. The molecule has 3 aliphatic heterocycles. The molecule has 0 saturated carbocycles. The Morgan fingerprint density at radius 1 is 1.10 bits per heavy atom. The summed E-state index contributed by atoms with van der Waals surface area (Å²) < 4.78 is 15.1. The van der Waals surface area contributed by atoms with E-state index in [2.05, 4.69) is 0 Å². The lowest BCUT2D eigenvalue weighted by atomic mass is 10.1. The number of rotatable bonds is 5. The van der Waals surface area contributed by atoms with Crippen LogP contribution < -0.4 is 4.90 Å². The largest absolute Gasteiger partial charge is 0.466 e. The second-order valence-corrected chi connectivity index (χ2v) is 7.44. The summed E-state index contributed by atoms with van der Waals surface area (Å²) >= 11 is 0. The van der Waals surface area contributed by atoms with Crippen LogP contribution in [0.15, 0.2) is 35.5 Å². The lowest BCUT2D eigenvalue weighted by Gasteiger charge is -2.31. The Morgan fingerprint density at radius 2 is 1.81 bits per heavy atom. The molecule has 0 bridgehead atoms. The van der Waals surface area contributed by atoms with Gasteiger partial charge in [-0.25, -0.2) is 14.4 Å². The number of anilines is 1. The van der Waals surface area contributed by atoms with Gasteiger partial charge in [0.25, 0.3) is 5.91 Å². The molecule has 2 fully saturated rings. The van der Waals surface area contributed by atoms with Crippen LogP contribution in [0.3, 0.4) is 0 Å². The molecule has 1 aromatic rings. The maximum atomic E-state index is 12.5. The number of hydrogen-bond donors (Lipinski definition) is 0. The molecule has 1 unspecified atom stereocenters. The summed E-state index contributed by atoms with van der Waals surface area (Å²) in [6.07, 6.45) is 1.56. The Hall–Kier alpha value is -3.40. The minimum absolute atomic E-state index is 0.0456.